The third kappa shape index (κ3) is 1.14. The van der Waals surface area contributed by atoms with Crippen LogP contribution in [-0.2, 0) is 18.9 Å². The van der Waals surface area contributed by atoms with Crippen molar-refractivity contribution < 1.29 is 18.9 Å². The van der Waals surface area contributed by atoms with Gasteiger partial charge in [0.1, 0.15) is 4.32 Å². The highest BCUT2D eigenvalue weighted by molar-refractivity contribution is 9.11. The molecule has 4 nitrogen and oxygen atoms in total. The van der Waals surface area contributed by atoms with Gasteiger partial charge in [-0.1, -0.05) is 50.1 Å². The zero-order valence-corrected chi connectivity index (χ0v) is 13.9. The molecular weight excluding hydrogens is 392 g/mol. The van der Waals surface area contributed by atoms with Gasteiger partial charge in [-0.2, -0.15) is 0 Å². The van der Waals surface area contributed by atoms with Crippen molar-refractivity contribution in [3.05, 3.63) is 22.7 Å². The van der Waals surface area contributed by atoms with Crippen molar-refractivity contribution in [1.82, 2.24) is 0 Å². The van der Waals surface area contributed by atoms with E-state index >= 15 is 0 Å². The Morgan fingerprint density at radius 2 is 1.65 bits per heavy atom. The van der Waals surface area contributed by atoms with E-state index in [-0.39, 0.29) is 22.1 Å². The third-order valence-electron chi connectivity index (χ3n) is 5.31. The molecular formula is C14H14Br2O4. The molecule has 4 unspecified atom stereocenters. The molecule has 20 heavy (non-hydrogen) atoms. The van der Waals surface area contributed by atoms with Crippen LogP contribution in [0.2, 0.25) is 0 Å². The lowest BCUT2D eigenvalue weighted by molar-refractivity contribution is -0.205. The molecule has 4 atom stereocenters. The van der Waals surface area contributed by atoms with Gasteiger partial charge in [-0.3, -0.25) is 0 Å². The average Bonchev–Trinajstić information content (AvgIpc) is 3.20. The molecule has 0 aromatic rings. The third-order valence-corrected chi connectivity index (χ3v) is 7.47. The summed E-state index contributed by atoms with van der Waals surface area (Å²) in [5.41, 5.74) is 0. The Balaban J connectivity index is 1.68. The Bertz CT molecular complexity index is 533. The molecule has 3 fully saturated rings. The van der Waals surface area contributed by atoms with Crippen LogP contribution in [0, 0.1) is 17.8 Å². The van der Waals surface area contributed by atoms with E-state index in [1.807, 2.05) is 0 Å². The molecule has 5 aliphatic rings. The van der Waals surface area contributed by atoms with E-state index in [1.165, 1.54) is 0 Å². The van der Waals surface area contributed by atoms with Crippen molar-refractivity contribution in [2.75, 3.05) is 26.4 Å². The van der Waals surface area contributed by atoms with Gasteiger partial charge >= 0.3 is 0 Å². The number of ether oxygens (including phenoxy) is 4. The summed E-state index contributed by atoms with van der Waals surface area (Å²) in [6.07, 6.45) is 6.60. The molecule has 5 rings (SSSR count). The van der Waals surface area contributed by atoms with Gasteiger partial charge in [0, 0.05) is 17.8 Å². The van der Waals surface area contributed by atoms with E-state index < -0.39 is 11.6 Å². The van der Waals surface area contributed by atoms with Crippen LogP contribution in [-0.4, -0.2) is 42.3 Å². The van der Waals surface area contributed by atoms with Gasteiger partial charge in [0.15, 0.2) is 5.79 Å². The van der Waals surface area contributed by atoms with Crippen LogP contribution in [0.15, 0.2) is 22.7 Å². The van der Waals surface area contributed by atoms with E-state index in [4.69, 9.17) is 18.9 Å². The van der Waals surface area contributed by atoms with Crippen LogP contribution in [0.3, 0.4) is 0 Å². The summed E-state index contributed by atoms with van der Waals surface area (Å²) >= 11 is 7.58. The summed E-state index contributed by atoms with van der Waals surface area (Å²) in [5.74, 6) is -0.698. The number of hydrogen-bond donors (Lipinski definition) is 0. The smallest absolute Gasteiger partial charge is 0.205 e. The number of alkyl halides is 1. The second-order valence-electron chi connectivity index (χ2n) is 5.95. The van der Waals surface area contributed by atoms with Crippen molar-refractivity contribution in [3.63, 3.8) is 0 Å². The normalized spacial score (nSPS) is 49.5. The van der Waals surface area contributed by atoms with Crippen LogP contribution in [0.4, 0.5) is 0 Å². The Labute approximate surface area is 133 Å². The summed E-state index contributed by atoms with van der Waals surface area (Å²) in [7, 11) is 0. The molecule has 6 heteroatoms. The summed E-state index contributed by atoms with van der Waals surface area (Å²) in [5, 5.41) is 0. The molecule has 2 spiro atoms. The summed E-state index contributed by atoms with van der Waals surface area (Å²) in [6, 6.07) is 0. The van der Waals surface area contributed by atoms with Crippen LogP contribution in [0.5, 0.6) is 0 Å². The van der Waals surface area contributed by atoms with Crippen molar-refractivity contribution in [3.8, 4) is 0 Å². The standard InChI is InChI=1S/C14H14Br2O4/c15-10-7-9-11(13(10)17-3-4-18-13)8-1-2-12(9,16)14(8)19-5-6-20-14/h1-2,7-9,11H,3-6H2. The predicted molar refractivity (Wildman–Crippen MR) is 77.5 cm³/mol. The Morgan fingerprint density at radius 3 is 2.35 bits per heavy atom. The molecule has 1 saturated carbocycles. The first-order valence-electron chi connectivity index (χ1n) is 6.96. The minimum atomic E-state index is -0.655. The molecule has 2 saturated heterocycles. The molecule has 0 aromatic carbocycles. The molecule has 2 heterocycles. The zero-order valence-electron chi connectivity index (χ0n) is 10.7. The van der Waals surface area contributed by atoms with Crippen molar-refractivity contribution in [2.24, 2.45) is 17.8 Å². The highest BCUT2D eigenvalue weighted by Gasteiger charge is 2.79. The van der Waals surface area contributed by atoms with Crippen LogP contribution >= 0.6 is 31.9 Å². The minimum Gasteiger partial charge on any atom is -0.345 e. The van der Waals surface area contributed by atoms with Crippen LogP contribution in [0.25, 0.3) is 0 Å². The first kappa shape index (κ1) is 12.8. The maximum Gasteiger partial charge on any atom is 0.205 e. The number of rotatable bonds is 0. The largest absolute Gasteiger partial charge is 0.345 e. The van der Waals surface area contributed by atoms with E-state index in [0.717, 1.165) is 4.48 Å². The number of halogens is 2. The molecule has 0 radical (unpaired) electrons. The van der Waals surface area contributed by atoms with Gasteiger partial charge in [0.2, 0.25) is 5.79 Å². The molecule has 3 aliphatic carbocycles. The van der Waals surface area contributed by atoms with Gasteiger partial charge in [-0.05, 0) is 0 Å². The fraction of sp³-hybridized carbons (Fsp3) is 0.714. The molecule has 2 aliphatic heterocycles. The van der Waals surface area contributed by atoms with E-state index in [9.17, 15) is 0 Å². The van der Waals surface area contributed by atoms with Crippen molar-refractivity contribution >= 4 is 31.9 Å². The minimum absolute atomic E-state index is 0.138. The van der Waals surface area contributed by atoms with Gasteiger partial charge in [-0.15, -0.1) is 0 Å². The summed E-state index contributed by atoms with van der Waals surface area (Å²) < 4.78 is 24.9. The monoisotopic (exact) mass is 404 g/mol. The molecule has 0 aromatic heterocycles. The highest BCUT2D eigenvalue weighted by Crippen LogP contribution is 2.71. The van der Waals surface area contributed by atoms with Crippen LogP contribution < -0.4 is 0 Å². The maximum atomic E-state index is 6.08. The van der Waals surface area contributed by atoms with E-state index in [0.29, 0.717) is 26.4 Å². The maximum absolute atomic E-state index is 6.08. The fourth-order valence-electron chi connectivity index (χ4n) is 4.66. The number of hydrogen-bond acceptors (Lipinski definition) is 4. The van der Waals surface area contributed by atoms with Gasteiger partial charge < -0.3 is 18.9 Å². The molecule has 2 bridgehead atoms. The number of allylic oxidation sites excluding steroid dienone is 1. The Hall–Kier alpha value is 0.280. The fourth-order valence-corrected chi connectivity index (χ4v) is 6.50. The first-order valence-corrected chi connectivity index (χ1v) is 8.55. The average molecular weight is 406 g/mol. The van der Waals surface area contributed by atoms with E-state index in [1.54, 1.807) is 0 Å². The molecule has 108 valence electrons. The summed E-state index contributed by atoms with van der Waals surface area (Å²) in [4.78, 5) is 0. The molecule has 0 amide bonds. The molecule has 0 N–H and O–H groups in total. The zero-order chi connectivity index (χ0) is 13.6. The second kappa shape index (κ2) is 3.78. The van der Waals surface area contributed by atoms with Crippen LogP contribution in [0.1, 0.15) is 0 Å². The van der Waals surface area contributed by atoms with Crippen molar-refractivity contribution in [1.29, 1.82) is 0 Å². The van der Waals surface area contributed by atoms with Gasteiger partial charge in [0.25, 0.3) is 0 Å². The van der Waals surface area contributed by atoms with E-state index in [2.05, 4.69) is 50.1 Å². The number of fused-ring (bicyclic) bond motifs is 4. The van der Waals surface area contributed by atoms with Crippen molar-refractivity contribution in [2.45, 2.75) is 15.9 Å². The lowest BCUT2D eigenvalue weighted by Crippen LogP contribution is -2.48. The highest BCUT2D eigenvalue weighted by atomic mass is 79.9. The van der Waals surface area contributed by atoms with Gasteiger partial charge in [0.05, 0.1) is 30.9 Å². The Morgan fingerprint density at radius 1 is 1.00 bits per heavy atom. The lowest BCUT2D eigenvalue weighted by atomic mass is 9.82. The Kier molecular flexibility index (Phi) is 2.42. The second-order valence-corrected chi connectivity index (χ2v) is 8.11. The quantitative estimate of drug-likeness (QED) is 0.458. The summed E-state index contributed by atoms with van der Waals surface area (Å²) in [6.45, 7) is 2.55. The lowest BCUT2D eigenvalue weighted by Gasteiger charge is -2.36. The SMILES string of the molecule is BrC1=CC2C(C3C=CC2(Br)C32OCCO2)C12OCCO2. The predicted octanol–water partition coefficient (Wildman–Crippen LogP) is 2.33. The topological polar surface area (TPSA) is 36.9 Å². The first-order chi connectivity index (χ1) is 9.64. The van der Waals surface area contributed by atoms with Gasteiger partial charge in [-0.25, -0.2) is 0 Å².